The zero-order chi connectivity index (χ0) is 12.4. The second kappa shape index (κ2) is 5.57. The third-order valence-electron chi connectivity index (χ3n) is 2.89. The first-order valence-corrected chi connectivity index (χ1v) is 7.79. The molecule has 0 bridgehead atoms. The zero-order valence-electron chi connectivity index (χ0n) is 9.55. The first-order chi connectivity index (χ1) is 8.13. The highest BCUT2D eigenvalue weighted by atomic mass is 79.9. The van der Waals surface area contributed by atoms with Crippen LogP contribution in [0.3, 0.4) is 0 Å². The molecule has 94 valence electrons. The fourth-order valence-corrected chi connectivity index (χ4v) is 3.37. The largest absolute Gasteiger partial charge is 0.362 e. The molecule has 1 heterocycles. The van der Waals surface area contributed by atoms with E-state index in [2.05, 4.69) is 15.9 Å². The molecule has 5 heteroatoms. The highest BCUT2D eigenvalue weighted by Gasteiger charge is 2.24. The van der Waals surface area contributed by atoms with Crippen molar-refractivity contribution in [2.75, 3.05) is 23.0 Å². The zero-order valence-corrected chi connectivity index (χ0v) is 12.0. The summed E-state index contributed by atoms with van der Waals surface area (Å²) in [5.41, 5.74) is 0.755. The number of rotatable bonds is 2. The summed E-state index contributed by atoms with van der Waals surface area (Å²) in [7, 11) is 0. The molecule has 17 heavy (non-hydrogen) atoms. The van der Waals surface area contributed by atoms with E-state index >= 15 is 0 Å². The highest BCUT2D eigenvalue weighted by molar-refractivity contribution is 9.08. The standard InChI is InChI=1S/C12H14BrF2NS/c1-8-7-17-3-2-16(8)12-10(14)4-9(6-13)5-11(12)15/h4-5,8H,2-3,6-7H2,1H3. The average molecular weight is 322 g/mol. The minimum Gasteiger partial charge on any atom is -0.362 e. The Morgan fingerprint density at radius 3 is 2.59 bits per heavy atom. The van der Waals surface area contributed by atoms with Crippen LogP contribution < -0.4 is 4.90 Å². The normalized spacial score (nSPS) is 20.7. The summed E-state index contributed by atoms with van der Waals surface area (Å²) in [6, 6.07) is 2.98. The number of hydrogen-bond donors (Lipinski definition) is 0. The Bertz CT molecular complexity index is 390. The third-order valence-corrected chi connectivity index (χ3v) is 4.72. The topological polar surface area (TPSA) is 3.24 Å². The minimum atomic E-state index is -0.460. The van der Waals surface area contributed by atoms with Gasteiger partial charge in [-0.25, -0.2) is 8.78 Å². The molecule has 0 N–H and O–H groups in total. The Labute approximate surface area is 113 Å². The average Bonchev–Trinajstić information content (AvgIpc) is 2.30. The van der Waals surface area contributed by atoms with E-state index < -0.39 is 11.6 Å². The molecule has 1 aromatic carbocycles. The van der Waals surface area contributed by atoms with Gasteiger partial charge in [-0.1, -0.05) is 15.9 Å². The van der Waals surface area contributed by atoms with Crippen LogP contribution in [0.25, 0.3) is 0 Å². The van der Waals surface area contributed by atoms with Crippen LogP contribution in [0, 0.1) is 11.6 Å². The molecule has 0 radical (unpaired) electrons. The first-order valence-electron chi connectivity index (χ1n) is 5.51. The molecule has 0 saturated carbocycles. The van der Waals surface area contributed by atoms with Gasteiger partial charge in [0, 0.05) is 29.4 Å². The van der Waals surface area contributed by atoms with Gasteiger partial charge in [0.2, 0.25) is 0 Å². The fraction of sp³-hybridized carbons (Fsp3) is 0.500. The van der Waals surface area contributed by atoms with Gasteiger partial charge in [0.05, 0.1) is 0 Å². The molecule has 0 aromatic heterocycles. The van der Waals surface area contributed by atoms with E-state index in [-0.39, 0.29) is 11.7 Å². The molecule has 0 aliphatic carbocycles. The van der Waals surface area contributed by atoms with E-state index in [1.54, 1.807) is 0 Å². The molecule has 1 saturated heterocycles. The molecule has 0 spiro atoms. The van der Waals surface area contributed by atoms with Gasteiger partial charge in [0.25, 0.3) is 0 Å². The third kappa shape index (κ3) is 2.76. The maximum Gasteiger partial charge on any atom is 0.149 e. The molecule has 0 amide bonds. The maximum absolute atomic E-state index is 13.9. The van der Waals surface area contributed by atoms with Gasteiger partial charge in [-0.2, -0.15) is 11.8 Å². The van der Waals surface area contributed by atoms with Crippen LogP contribution in [0.1, 0.15) is 12.5 Å². The lowest BCUT2D eigenvalue weighted by atomic mass is 10.1. The van der Waals surface area contributed by atoms with E-state index in [1.165, 1.54) is 12.1 Å². The van der Waals surface area contributed by atoms with Gasteiger partial charge in [-0.3, -0.25) is 0 Å². The van der Waals surface area contributed by atoms with Gasteiger partial charge < -0.3 is 4.90 Å². The van der Waals surface area contributed by atoms with Crippen LogP contribution in [-0.2, 0) is 5.33 Å². The molecule has 2 rings (SSSR count). The lowest BCUT2D eigenvalue weighted by Gasteiger charge is -2.35. The quantitative estimate of drug-likeness (QED) is 0.762. The van der Waals surface area contributed by atoms with Gasteiger partial charge in [-0.15, -0.1) is 0 Å². The van der Waals surface area contributed by atoms with E-state index in [9.17, 15) is 8.78 Å². The minimum absolute atomic E-state index is 0.127. The van der Waals surface area contributed by atoms with Crippen molar-refractivity contribution in [3.63, 3.8) is 0 Å². The first kappa shape index (κ1) is 13.1. The Kier molecular flexibility index (Phi) is 4.31. The van der Waals surface area contributed by atoms with Crippen molar-refractivity contribution in [1.82, 2.24) is 0 Å². The Hall–Kier alpha value is -0.290. The fourth-order valence-electron chi connectivity index (χ4n) is 2.03. The maximum atomic E-state index is 13.9. The van der Waals surface area contributed by atoms with Crippen molar-refractivity contribution in [2.24, 2.45) is 0 Å². The van der Waals surface area contributed by atoms with Gasteiger partial charge in [0.15, 0.2) is 0 Å². The molecule has 1 aliphatic heterocycles. The van der Waals surface area contributed by atoms with E-state index in [4.69, 9.17) is 0 Å². The van der Waals surface area contributed by atoms with Crippen LogP contribution in [0.2, 0.25) is 0 Å². The Morgan fingerprint density at radius 2 is 2.06 bits per heavy atom. The SMILES string of the molecule is CC1CSCCN1c1c(F)cc(CBr)cc1F. The van der Waals surface area contributed by atoms with Crippen LogP contribution in [-0.4, -0.2) is 24.1 Å². The van der Waals surface area contributed by atoms with Crippen LogP contribution in [0.4, 0.5) is 14.5 Å². The summed E-state index contributed by atoms with van der Waals surface area (Å²) in [5, 5.41) is 0.465. The summed E-state index contributed by atoms with van der Waals surface area (Å²) in [6.07, 6.45) is 0. The monoisotopic (exact) mass is 321 g/mol. The van der Waals surface area contributed by atoms with Crippen LogP contribution in [0.15, 0.2) is 12.1 Å². The van der Waals surface area contributed by atoms with Gasteiger partial charge >= 0.3 is 0 Å². The van der Waals surface area contributed by atoms with E-state index in [1.807, 2.05) is 23.6 Å². The van der Waals surface area contributed by atoms with Crippen molar-refractivity contribution in [3.8, 4) is 0 Å². The number of nitrogens with zero attached hydrogens (tertiary/aromatic N) is 1. The second-order valence-corrected chi connectivity index (χ2v) is 5.87. The van der Waals surface area contributed by atoms with Crippen molar-refractivity contribution in [3.05, 3.63) is 29.3 Å². The molecule has 1 aromatic rings. The lowest BCUT2D eigenvalue weighted by molar-refractivity contribution is 0.557. The second-order valence-electron chi connectivity index (χ2n) is 4.16. The number of alkyl halides is 1. The number of halogens is 3. The predicted octanol–water partition coefficient (Wildman–Crippen LogP) is 3.80. The smallest absolute Gasteiger partial charge is 0.149 e. The summed E-state index contributed by atoms with van der Waals surface area (Å²) in [4.78, 5) is 1.83. The number of benzene rings is 1. The molecule has 1 nitrogen and oxygen atoms in total. The van der Waals surface area contributed by atoms with E-state index in [0.717, 1.165) is 11.5 Å². The predicted molar refractivity (Wildman–Crippen MR) is 73.1 cm³/mol. The number of hydrogen-bond acceptors (Lipinski definition) is 2. The van der Waals surface area contributed by atoms with Crippen molar-refractivity contribution in [2.45, 2.75) is 18.3 Å². The number of anilines is 1. The van der Waals surface area contributed by atoms with E-state index in [0.29, 0.717) is 17.4 Å². The van der Waals surface area contributed by atoms with Crippen molar-refractivity contribution >= 4 is 33.4 Å². The van der Waals surface area contributed by atoms with Gasteiger partial charge in [-0.05, 0) is 24.6 Å². The Balaban J connectivity index is 2.37. The van der Waals surface area contributed by atoms with Crippen LogP contribution >= 0.6 is 27.7 Å². The summed E-state index contributed by atoms with van der Waals surface area (Å²) in [6.45, 7) is 2.71. The summed E-state index contributed by atoms with van der Waals surface area (Å²) < 4.78 is 27.9. The highest BCUT2D eigenvalue weighted by Crippen LogP contribution is 2.30. The molecule has 1 unspecified atom stereocenters. The van der Waals surface area contributed by atoms with Crippen LogP contribution in [0.5, 0.6) is 0 Å². The lowest BCUT2D eigenvalue weighted by Crippen LogP contribution is -2.41. The molecular weight excluding hydrogens is 308 g/mol. The number of thioether (sulfide) groups is 1. The summed E-state index contributed by atoms with van der Waals surface area (Å²) >= 11 is 5.03. The van der Waals surface area contributed by atoms with Crippen molar-refractivity contribution in [1.29, 1.82) is 0 Å². The summed E-state index contributed by atoms with van der Waals surface area (Å²) in [5.74, 6) is 0.916. The molecule has 1 fully saturated rings. The molecular formula is C12H14BrF2NS. The van der Waals surface area contributed by atoms with Gasteiger partial charge in [0.1, 0.15) is 17.3 Å². The molecule has 1 aliphatic rings. The van der Waals surface area contributed by atoms with Crippen molar-refractivity contribution < 1.29 is 8.78 Å². The Morgan fingerprint density at radius 1 is 1.41 bits per heavy atom. The molecule has 1 atom stereocenters.